The van der Waals surface area contributed by atoms with Gasteiger partial charge in [0.1, 0.15) is 5.76 Å². The molecular weight excluding hydrogens is 405 g/mol. The summed E-state index contributed by atoms with van der Waals surface area (Å²) in [5.41, 5.74) is 0. The molecule has 1 aliphatic carbocycles. The van der Waals surface area contributed by atoms with Crippen molar-refractivity contribution >= 4 is 7.82 Å². The minimum absolute atomic E-state index is 0.0873. The lowest BCUT2D eigenvalue weighted by atomic mass is 9.89. The highest BCUT2D eigenvalue weighted by atomic mass is 31.2. The number of allylic oxidation sites excluding steroid dienone is 1. The van der Waals surface area contributed by atoms with Crippen molar-refractivity contribution in [2.24, 2.45) is 5.92 Å². The molecule has 0 bridgehead atoms. The highest BCUT2D eigenvalue weighted by molar-refractivity contribution is 7.48. The summed E-state index contributed by atoms with van der Waals surface area (Å²) in [7, 11) is 1.95. The second-order valence-electron chi connectivity index (χ2n) is 8.17. The number of likely N-dealkylation sites (tertiary alicyclic amines) is 1. The molecule has 2 heterocycles. The maximum Gasteiger partial charge on any atom is 0.530 e. The lowest BCUT2D eigenvalue weighted by Crippen LogP contribution is -2.32. The average Bonchev–Trinajstić information content (AvgIpc) is 3.07. The molecule has 4 rings (SSSR count). The first-order valence-electron chi connectivity index (χ1n) is 10.6. The normalized spacial score (nSPS) is 33.6. The summed E-state index contributed by atoms with van der Waals surface area (Å²) in [6, 6.07) is 8.03. The van der Waals surface area contributed by atoms with E-state index in [0.29, 0.717) is 12.0 Å². The Morgan fingerprint density at radius 2 is 1.67 bits per heavy atom. The van der Waals surface area contributed by atoms with Gasteiger partial charge in [-0.25, -0.2) is 4.57 Å². The molecule has 30 heavy (non-hydrogen) atoms. The highest BCUT2D eigenvalue weighted by Gasteiger charge is 2.41. The Labute approximate surface area is 179 Å². The second-order valence-corrected chi connectivity index (χ2v) is 9.67. The van der Waals surface area contributed by atoms with E-state index in [-0.39, 0.29) is 12.2 Å². The zero-order chi connectivity index (χ0) is 21.7. The van der Waals surface area contributed by atoms with Crippen LogP contribution in [0.5, 0.6) is 11.5 Å². The molecule has 1 aromatic rings. The molecule has 3 aliphatic rings. The molecule has 0 amide bonds. The van der Waals surface area contributed by atoms with Crippen LogP contribution >= 0.6 is 7.82 Å². The summed E-state index contributed by atoms with van der Waals surface area (Å²) < 4.78 is 39.1. The summed E-state index contributed by atoms with van der Waals surface area (Å²) in [4.78, 5) is 2.37. The Balaban J connectivity index is 0.000000216. The molecule has 0 spiro atoms. The lowest BCUT2D eigenvalue weighted by molar-refractivity contribution is 0.00978. The van der Waals surface area contributed by atoms with Crippen molar-refractivity contribution in [3.63, 3.8) is 0 Å². The molecule has 4 unspecified atom stereocenters. The van der Waals surface area contributed by atoms with Crippen LogP contribution in [-0.4, -0.2) is 51.0 Å². The van der Waals surface area contributed by atoms with Crippen LogP contribution in [-0.2, 0) is 18.1 Å². The van der Waals surface area contributed by atoms with Gasteiger partial charge in [0.05, 0.1) is 26.4 Å². The van der Waals surface area contributed by atoms with Gasteiger partial charge >= 0.3 is 7.82 Å². The van der Waals surface area contributed by atoms with Gasteiger partial charge in [0.25, 0.3) is 0 Å². The van der Waals surface area contributed by atoms with E-state index in [4.69, 9.17) is 23.0 Å². The maximum atomic E-state index is 12.6. The summed E-state index contributed by atoms with van der Waals surface area (Å²) >= 11 is 0. The van der Waals surface area contributed by atoms with Gasteiger partial charge in [-0.15, -0.1) is 0 Å². The van der Waals surface area contributed by atoms with E-state index in [2.05, 4.69) is 18.0 Å². The van der Waals surface area contributed by atoms with Crippen molar-refractivity contribution in [1.29, 1.82) is 0 Å². The topological polar surface area (TPSA) is 66.5 Å². The second kappa shape index (κ2) is 10.2. The van der Waals surface area contributed by atoms with Gasteiger partial charge in [0.2, 0.25) is 0 Å². The van der Waals surface area contributed by atoms with Crippen molar-refractivity contribution < 1.29 is 27.6 Å². The van der Waals surface area contributed by atoms with Gasteiger partial charge in [0.15, 0.2) is 11.5 Å². The molecule has 0 aromatic heterocycles. The van der Waals surface area contributed by atoms with E-state index in [1.807, 2.05) is 38.1 Å². The predicted molar refractivity (Wildman–Crippen MR) is 116 cm³/mol. The van der Waals surface area contributed by atoms with Crippen LogP contribution in [0.4, 0.5) is 0 Å². The molecule has 2 aliphatic heterocycles. The lowest BCUT2D eigenvalue weighted by Gasteiger charge is -2.34. The highest BCUT2D eigenvalue weighted by Crippen LogP contribution is 2.57. The molecular formula is C22H34NO6P. The summed E-state index contributed by atoms with van der Waals surface area (Å²) in [5, 5.41) is 0. The fraction of sp³-hybridized carbons (Fsp3) is 0.636. The van der Waals surface area contributed by atoms with Crippen molar-refractivity contribution in [3.05, 3.63) is 36.1 Å². The largest absolute Gasteiger partial charge is 0.530 e. The van der Waals surface area contributed by atoms with Crippen molar-refractivity contribution in [2.45, 2.75) is 57.8 Å². The first-order chi connectivity index (χ1) is 14.3. The standard InChI is InChI=1S/C14H24NO4P.C8H10O2/c1-10-8-11(2)18-20(16,17-10)19-13-5-4-12-6-7-15(3)14(12)9-13;1-9-7-5-3-4-6-8(7)10-2/h5,10-12,14H,4,6-9H2,1-3H3;3-6H,1-2H3. The Kier molecular flexibility index (Phi) is 7.86. The quantitative estimate of drug-likeness (QED) is 0.610. The number of nitrogens with zero attached hydrogens (tertiary/aromatic N) is 1. The number of para-hydroxylation sites is 2. The Bertz CT molecular complexity index is 748. The van der Waals surface area contributed by atoms with Gasteiger partial charge in [-0.2, -0.15) is 0 Å². The molecule has 0 radical (unpaired) electrons. The number of phosphoric acid groups is 1. The maximum absolute atomic E-state index is 12.6. The van der Waals surface area contributed by atoms with Gasteiger partial charge < -0.3 is 18.9 Å². The average molecular weight is 439 g/mol. The van der Waals surface area contributed by atoms with Crippen molar-refractivity contribution in [1.82, 2.24) is 4.90 Å². The molecule has 0 saturated carbocycles. The smallest absolute Gasteiger partial charge is 0.493 e. The van der Waals surface area contributed by atoms with E-state index in [1.165, 1.54) is 6.42 Å². The van der Waals surface area contributed by atoms with Crippen LogP contribution in [0.1, 0.15) is 39.5 Å². The first-order valence-corrected chi connectivity index (χ1v) is 12.0. The number of hydrogen-bond acceptors (Lipinski definition) is 7. The van der Waals surface area contributed by atoms with Crippen molar-refractivity contribution in [3.8, 4) is 11.5 Å². The Hall–Kier alpha value is -1.53. The third kappa shape index (κ3) is 5.79. The Morgan fingerprint density at radius 3 is 2.23 bits per heavy atom. The number of fused-ring (bicyclic) bond motifs is 1. The first kappa shape index (κ1) is 23.1. The molecule has 168 valence electrons. The SMILES string of the molecule is CC1CC(C)OP(=O)(OC2=CCC3CCN(C)C3C2)O1.COc1ccccc1OC. The van der Waals surface area contributed by atoms with Crippen LogP contribution in [0.25, 0.3) is 0 Å². The molecule has 2 fully saturated rings. The van der Waals surface area contributed by atoms with E-state index in [0.717, 1.165) is 43.1 Å². The zero-order valence-corrected chi connectivity index (χ0v) is 19.5. The summed E-state index contributed by atoms with van der Waals surface area (Å²) in [5.74, 6) is 3.01. The van der Waals surface area contributed by atoms with Crippen LogP contribution in [0.15, 0.2) is 36.1 Å². The number of hydrogen-bond donors (Lipinski definition) is 0. The van der Waals surface area contributed by atoms with E-state index >= 15 is 0 Å². The minimum atomic E-state index is -3.44. The molecule has 2 saturated heterocycles. The number of rotatable bonds is 4. The third-order valence-electron chi connectivity index (χ3n) is 5.82. The van der Waals surface area contributed by atoms with E-state index in [1.54, 1.807) is 14.2 Å². The summed E-state index contributed by atoms with van der Waals surface area (Å²) in [6.07, 6.45) is 5.68. The van der Waals surface area contributed by atoms with E-state index < -0.39 is 7.82 Å². The number of phosphoric ester groups is 1. The Morgan fingerprint density at radius 1 is 1.07 bits per heavy atom. The fourth-order valence-electron chi connectivity index (χ4n) is 4.33. The number of benzene rings is 1. The number of ether oxygens (including phenoxy) is 2. The summed E-state index contributed by atoms with van der Waals surface area (Å²) in [6.45, 7) is 4.95. The molecule has 1 aromatic carbocycles. The van der Waals surface area contributed by atoms with Gasteiger partial charge in [-0.05, 0) is 64.4 Å². The molecule has 7 nitrogen and oxygen atoms in total. The van der Waals surface area contributed by atoms with Crippen LogP contribution < -0.4 is 9.47 Å². The van der Waals surface area contributed by atoms with Gasteiger partial charge in [-0.3, -0.25) is 9.05 Å². The fourth-order valence-corrected chi connectivity index (χ4v) is 5.95. The van der Waals surface area contributed by atoms with Crippen LogP contribution in [0, 0.1) is 5.92 Å². The van der Waals surface area contributed by atoms with Crippen LogP contribution in [0.3, 0.4) is 0 Å². The molecule has 0 N–H and O–H groups in total. The monoisotopic (exact) mass is 439 g/mol. The van der Waals surface area contributed by atoms with Gasteiger partial charge in [0, 0.05) is 18.9 Å². The van der Waals surface area contributed by atoms with Crippen LogP contribution in [0.2, 0.25) is 0 Å². The van der Waals surface area contributed by atoms with Crippen molar-refractivity contribution in [2.75, 3.05) is 27.8 Å². The third-order valence-corrected chi connectivity index (χ3v) is 7.52. The van der Waals surface area contributed by atoms with E-state index in [9.17, 15) is 4.57 Å². The zero-order valence-electron chi connectivity index (χ0n) is 18.6. The van der Waals surface area contributed by atoms with Gasteiger partial charge in [-0.1, -0.05) is 12.1 Å². The minimum Gasteiger partial charge on any atom is -0.493 e. The molecule has 4 atom stereocenters. The predicted octanol–water partition coefficient (Wildman–Crippen LogP) is 5.03. The number of methoxy groups -OCH3 is 2. The molecule has 8 heteroatoms.